The van der Waals surface area contributed by atoms with Gasteiger partial charge in [0.05, 0.1) is 11.4 Å². The van der Waals surface area contributed by atoms with Crippen LogP contribution in [0.2, 0.25) is 0 Å². The Hall–Kier alpha value is -2.22. The monoisotopic (exact) mass is 278 g/mol. The molecule has 0 fully saturated rings. The Bertz CT molecular complexity index is 653. The van der Waals surface area contributed by atoms with Gasteiger partial charge in [0.15, 0.2) is 0 Å². The zero-order valence-corrected chi connectivity index (χ0v) is 13.2. The highest BCUT2D eigenvalue weighted by Crippen LogP contribution is 2.25. The lowest BCUT2D eigenvalue weighted by Gasteiger charge is -2.12. The molecule has 1 aromatic heterocycles. The van der Waals surface area contributed by atoms with Gasteiger partial charge in [0.1, 0.15) is 5.82 Å². The van der Waals surface area contributed by atoms with E-state index in [1.54, 1.807) is 0 Å². The first-order valence-corrected chi connectivity index (χ1v) is 7.36. The molecule has 1 aromatic carbocycles. The van der Waals surface area contributed by atoms with E-state index in [0.29, 0.717) is 5.92 Å². The highest BCUT2D eigenvalue weighted by Gasteiger charge is 2.11. The zero-order valence-electron chi connectivity index (χ0n) is 13.2. The normalized spacial score (nSPS) is 12.3. The van der Waals surface area contributed by atoms with Crippen molar-refractivity contribution in [1.82, 2.24) is 9.97 Å². The van der Waals surface area contributed by atoms with Crippen LogP contribution in [-0.4, -0.2) is 9.97 Å². The minimum atomic E-state index is 0.416. The number of aromatic nitrogens is 2. The molecule has 108 valence electrons. The van der Waals surface area contributed by atoms with Crippen molar-refractivity contribution in [2.75, 3.05) is 0 Å². The van der Waals surface area contributed by atoms with Gasteiger partial charge in [-0.15, -0.1) is 0 Å². The fourth-order valence-corrected chi connectivity index (χ4v) is 2.25. The van der Waals surface area contributed by atoms with Crippen LogP contribution in [0.15, 0.2) is 54.6 Å². The molecule has 0 atom stereocenters. The standard InChI is InChI=1S/C19H22N2/c1-5-6-12-17(14(2)3)19-13-18(20-15(4)21-19)16-10-8-7-9-11-16/h5-14H,1-4H3/b6-5-,17-12+. The molecule has 2 heteroatoms. The third-order valence-electron chi connectivity index (χ3n) is 3.29. The van der Waals surface area contributed by atoms with Crippen molar-refractivity contribution in [1.29, 1.82) is 0 Å². The summed E-state index contributed by atoms with van der Waals surface area (Å²) in [6.45, 7) is 8.35. The maximum absolute atomic E-state index is 4.62. The van der Waals surface area contributed by atoms with E-state index in [1.165, 1.54) is 5.57 Å². The first kappa shape index (κ1) is 15.2. The first-order valence-electron chi connectivity index (χ1n) is 7.36. The Balaban J connectivity index is 2.52. The molecule has 2 aromatic rings. The Morgan fingerprint density at radius 3 is 2.43 bits per heavy atom. The van der Waals surface area contributed by atoms with Gasteiger partial charge in [-0.1, -0.05) is 62.4 Å². The van der Waals surface area contributed by atoms with Crippen LogP contribution in [0.5, 0.6) is 0 Å². The summed E-state index contributed by atoms with van der Waals surface area (Å²) in [4.78, 5) is 9.19. The molecular formula is C19H22N2. The van der Waals surface area contributed by atoms with Crippen LogP contribution in [-0.2, 0) is 0 Å². The molecule has 0 amide bonds. The highest BCUT2D eigenvalue weighted by atomic mass is 14.9. The summed E-state index contributed by atoms with van der Waals surface area (Å²) in [5, 5.41) is 0. The quantitative estimate of drug-likeness (QED) is 0.730. The van der Waals surface area contributed by atoms with Gasteiger partial charge < -0.3 is 0 Å². The van der Waals surface area contributed by atoms with E-state index in [1.807, 2.05) is 38.1 Å². The molecule has 0 spiro atoms. The van der Waals surface area contributed by atoms with Gasteiger partial charge in [-0.3, -0.25) is 0 Å². The van der Waals surface area contributed by atoms with Crippen LogP contribution < -0.4 is 0 Å². The minimum Gasteiger partial charge on any atom is -0.234 e. The maximum atomic E-state index is 4.62. The third kappa shape index (κ3) is 3.88. The van der Waals surface area contributed by atoms with Crippen LogP contribution in [0.3, 0.4) is 0 Å². The number of hydrogen-bond donors (Lipinski definition) is 0. The van der Waals surface area contributed by atoms with E-state index >= 15 is 0 Å². The Morgan fingerprint density at radius 1 is 1.10 bits per heavy atom. The van der Waals surface area contributed by atoms with Gasteiger partial charge >= 0.3 is 0 Å². The second-order valence-electron chi connectivity index (χ2n) is 5.35. The summed E-state index contributed by atoms with van der Waals surface area (Å²) in [5.74, 6) is 1.22. The average Bonchev–Trinajstić information content (AvgIpc) is 2.48. The summed E-state index contributed by atoms with van der Waals surface area (Å²) < 4.78 is 0. The summed E-state index contributed by atoms with van der Waals surface area (Å²) in [6, 6.07) is 12.3. The molecule has 0 bridgehead atoms. The van der Waals surface area contributed by atoms with E-state index in [4.69, 9.17) is 0 Å². The zero-order chi connectivity index (χ0) is 15.2. The van der Waals surface area contributed by atoms with Crippen molar-refractivity contribution in [3.63, 3.8) is 0 Å². The summed E-state index contributed by atoms with van der Waals surface area (Å²) in [5.41, 5.74) is 4.34. The molecule has 0 saturated carbocycles. The molecular weight excluding hydrogens is 256 g/mol. The van der Waals surface area contributed by atoms with Gasteiger partial charge in [-0.25, -0.2) is 9.97 Å². The summed E-state index contributed by atoms with van der Waals surface area (Å²) in [6.07, 6.45) is 6.24. The SMILES string of the molecule is C/C=C\C=C(\c1cc(-c2ccccc2)nc(C)n1)C(C)C. The number of aryl methyl sites for hydroxylation is 1. The van der Waals surface area contributed by atoms with E-state index in [2.05, 4.69) is 54.2 Å². The van der Waals surface area contributed by atoms with E-state index in [0.717, 1.165) is 22.8 Å². The van der Waals surface area contributed by atoms with Gasteiger partial charge in [0, 0.05) is 5.56 Å². The molecule has 0 aliphatic heterocycles. The number of hydrogen-bond acceptors (Lipinski definition) is 2. The first-order chi connectivity index (χ1) is 10.1. The van der Waals surface area contributed by atoms with Crippen molar-refractivity contribution < 1.29 is 0 Å². The second kappa shape index (κ2) is 6.98. The Morgan fingerprint density at radius 2 is 1.81 bits per heavy atom. The lowest BCUT2D eigenvalue weighted by atomic mass is 9.98. The molecule has 0 N–H and O–H groups in total. The van der Waals surface area contributed by atoms with Crippen LogP contribution in [0.1, 0.15) is 32.3 Å². The fraction of sp³-hybridized carbons (Fsp3) is 0.263. The van der Waals surface area contributed by atoms with Crippen LogP contribution in [0.25, 0.3) is 16.8 Å². The van der Waals surface area contributed by atoms with Gasteiger partial charge in [0.25, 0.3) is 0 Å². The summed E-state index contributed by atoms with van der Waals surface area (Å²) in [7, 11) is 0. The Labute approximate surface area is 127 Å². The number of allylic oxidation sites excluding steroid dienone is 4. The van der Waals surface area contributed by atoms with E-state index in [9.17, 15) is 0 Å². The molecule has 21 heavy (non-hydrogen) atoms. The lowest BCUT2D eigenvalue weighted by Crippen LogP contribution is -2.01. The average molecular weight is 278 g/mol. The topological polar surface area (TPSA) is 25.8 Å². The second-order valence-corrected chi connectivity index (χ2v) is 5.35. The molecule has 0 saturated heterocycles. The maximum Gasteiger partial charge on any atom is 0.126 e. The summed E-state index contributed by atoms with van der Waals surface area (Å²) >= 11 is 0. The predicted octanol–water partition coefficient (Wildman–Crippen LogP) is 5.07. The molecule has 2 rings (SSSR count). The van der Waals surface area contributed by atoms with Gasteiger partial charge in [-0.2, -0.15) is 0 Å². The molecule has 0 aliphatic carbocycles. The van der Waals surface area contributed by atoms with Crippen molar-refractivity contribution in [2.24, 2.45) is 5.92 Å². The van der Waals surface area contributed by atoms with Crippen LogP contribution >= 0.6 is 0 Å². The largest absolute Gasteiger partial charge is 0.234 e. The smallest absolute Gasteiger partial charge is 0.126 e. The van der Waals surface area contributed by atoms with Crippen molar-refractivity contribution in [3.05, 3.63) is 66.1 Å². The molecule has 1 heterocycles. The van der Waals surface area contributed by atoms with E-state index in [-0.39, 0.29) is 0 Å². The lowest BCUT2D eigenvalue weighted by molar-refractivity contribution is 0.844. The van der Waals surface area contributed by atoms with Crippen molar-refractivity contribution >= 4 is 5.57 Å². The highest BCUT2D eigenvalue weighted by molar-refractivity contribution is 5.70. The van der Waals surface area contributed by atoms with Gasteiger partial charge in [-0.05, 0) is 31.4 Å². The van der Waals surface area contributed by atoms with Crippen LogP contribution in [0.4, 0.5) is 0 Å². The molecule has 0 unspecified atom stereocenters. The number of benzene rings is 1. The third-order valence-corrected chi connectivity index (χ3v) is 3.29. The predicted molar refractivity (Wildman–Crippen MR) is 89.8 cm³/mol. The minimum absolute atomic E-state index is 0.416. The number of nitrogens with zero attached hydrogens (tertiary/aromatic N) is 2. The fourth-order valence-electron chi connectivity index (χ4n) is 2.25. The van der Waals surface area contributed by atoms with Gasteiger partial charge in [0.2, 0.25) is 0 Å². The Kier molecular flexibility index (Phi) is 5.04. The molecule has 0 radical (unpaired) electrons. The van der Waals surface area contributed by atoms with Crippen LogP contribution in [0, 0.1) is 12.8 Å². The van der Waals surface area contributed by atoms with E-state index < -0.39 is 0 Å². The number of rotatable bonds is 4. The molecule has 2 nitrogen and oxygen atoms in total. The van der Waals surface area contributed by atoms with Crippen molar-refractivity contribution in [2.45, 2.75) is 27.7 Å². The van der Waals surface area contributed by atoms with Crippen molar-refractivity contribution in [3.8, 4) is 11.3 Å². The molecule has 0 aliphatic rings.